The van der Waals surface area contributed by atoms with E-state index in [4.69, 9.17) is 4.74 Å². The molecule has 20 heavy (non-hydrogen) atoms. The fraction of sp³-hybridized carbons (Fsp3) is 0.571. The number of aryl methyl sites for hydroxylation is 1. The Hall–Kier alpha value is -1.56. The van der Waals surface area contributed by atoms with Gasteiger partial charge in [-0.2, -0.15) is 0 Å². The maximum Gasteiger partial charge on any atom is 0.409 e. The van der Waals surface area contributed by atoms with Gasteiger partial charge in [-0.3, -0.25) is 0 Å². The van der Waals surface area contributed by atoms with Crippen molar-refractivity contribution >= 4 is 23.4 Å². The van der Waals surface area contributed by atoms with E-state index in [0.717, 1.165) is 17.7 Å². The SMILES string of the molecule is COC(=O)N(C)CCCc1ccc(C(=O)OC(C)C)s1. The minimum atomic E-state index is -0.336. The van der Waals surface area contributed by atoms with Crippen LogP contribution in [0.1, 0.15) is 34.8 Å². The Morgan fingerprint density at radius 1 is 1.35 bits per heavy atom. The summed E-state index contributed by atoms with van der Waals surface area (Å²) in [4.78, 5) is 26.2. The molecule has 0 saturated heterocycles. The number of ether oxygens (including phenoxy) is 2. The first-order valence-corrected chi connectivity index (χ1v) is 7.34. The van der Waals surface area contributed by atoms with Crippen LogP contribution in [-0.2, 0) is 15.9 Å². The van der Waals surface area contributed by atoms with E-state index in [1.165, 1.54) is 23.3 Å². The Bertz CT molecular complexity index is 456. The third-order valence-corrected chi connectivity index (χ3v) is 3.73. The summed E-state index contributed by atoms with van der Waals surface area (Å²) in [5.41, 5.74) is 0. The fourth-order valence-corrected chi connectivity index (χ4v) is 2.56. The van der Waals surface area contributed by atoms with Gasteiger partial charge in [-0.05, 0) is 38.8 Å². The standard InChI is InChI=1S/C14H21NO4S/c1-10(2)19-13(16)12-8-7-11(20-12)6-5-9-15(3)14(17)18-4/h7-8,10H,5-6,9H2,1-4H3. The molecular weight excluding hydrogens is 278 g/mol. The van der Waals surface area contributed by atoms with Crippen LogP contribution in [0.3, 0.4) is 0 Å². The van der Waals surface area contributed by atoms with Crippen molar-refractivity contribution in [2.45, 2.75) is 32.8 Å². The molecule has 0 bridgehead atoms. The lowest BCUT2D eigenvalue weighted by atomic mass is 10.2. The van der Waals surface area contributed by atoms with Crippen LogP contribution in [0.5, 0.6) is 0 Å². The Morgan fingerprint density at radius 2 is 2.05 bits per heavy atom. The molecule has 0 aromatic carbocycles. The first kappa shape index (κ1) is 16.5. The molecule has 0 N–H and O–H groups in total. The minimum Gasteiger partial charge on any atom is -0.459 e. The fourth-order valence-electron chi connectivity index (χ4n) is 1.63. The highest BCUT2D eigenvalue weighted by molar-refractivity contribution is 7.13. The quantitative estimate of drug-likeness (QED) is 0.758. The van der Waals surface area contributed by atoms with E-state index < -0.39 is 0 Å². The highest BCUT2D eigenvalue weighted by Crippen LogP contribution is 2.19. The smallest absolute Gasteiger partial charge is 0.409 e. The van der Waals surface area contributed by atoms with Gasteiger partial charge in [0, 0.05) is 18.5 Å². The van der Waals surface area contributed by atoms with Gasteiger partial charge in [-0.25, -0.2) is 9.59 Å². The summed E-state index contributed by atoms with van der Waals surface area (Å²) >= 11 is 1.44. The van der Waals surface area contributed by atoms with Crippen molar-refractivity contribution in [3.8, 4) is 0 Å². The lowest BCUT2D eigenvalue weighted by Gasteiger charge is -2.14. The Balaban J connectivity index is 2.41. The first-order valence-electron chi connectivity index (χ1n) is 6.52. The average Bonchev–Trinajstić information content (AvgIpc) is 2.85. The van der Waals surface area contributed by atoms with Crippen LogP contribution in [0, 0.1) is 0 Å². The normalized spacial score (nSPS) is 10.4. The van der Waals surface area contributed by atoms with Gasteiger partial charge in [0.05, 0.1) is 13.2 Å². The summed E-state index contributed by atoms with van der Waals surface area (Å²) < 4.78 is 9.76. The Kier molecular flexibility index (Phi) is 6.51. The monoisotopic (exact) mass is 299 g/mol. The molecule has 0 unspecified atom stereocenters. The van der Waals surface area contributed by atoms with Gasteiger partial charge < -0.3 is 14.4 Å². The first-order chi connectivity index (χ1) is 9.43. The molecule has 0 radical (unpaired) electrons. The molecule has 0 fully saturated rings. The van der Waals surface area contributed by atoms with Gasteiger partial charge >= 0.3 is 12.1 Å². The predicted octanol–water partition coefficient (Wildman–Crippen LogP) is 2.94. The Labute approximate surface area is 123 Å². The predicted molar refractivity (Wildman–Crippen MR) is 78.2 cm³/mol. The Morgan fingerprint density at radius 3 is 2.65 bits per heavy atom. The van der Waals surface area contributed by atoms with Gasteiger partial charge in [-0.15, -0.1) is 11.3 Å². The largest absolute Gasteiger partial charge is 0.459 e. The molecule has 6 heteroatoms. The van der Waals surface area contributed by atoms with E-state index in [-0.39, 0.29) is 18.2 Å². The molecular formula is C14H21NO4S. The number of rotatable bonds is 6. The van der Waals surface area contributed by atoms with E-state index in [1.807, 2.05) is 19.9 Å². The van der Waals surface area contributed by atoms with Crippen molar-refractivity contribution in [3.05, 3.63) is 21.9 Å². The van der Waals surface area contributed by atoms with Crippen LogP contribution in [0.2, 0.25) is 0 Å². The molecule has 0 aliphatic rings. The topological polar surface area (TPSA) is 55.8 Å². The maximum absolute atomic E-state index is 11.7. The third-order valence-electron chi connectivity index (χ3n) is 2.61. The molecule has 5 nitrogen and oxygen atoms in total. The summed E-state index contributed by atoms with van der Waals surface area (Å²) in [6, 6.07) is 3.72. The average molecular weight is 299 g/mol. The number of carbonyl (C=O) groups is 2. The number of amides is 1. The van der Waals surface area contributed by atoms with E-state index in [1.54, 1.807) is 13.1 Å². The maximum atomic E-state index is 11.7. The van der Waals surface area contributed by atoms with Crippen molar-refractivity contribution < 1.29 is 19.1 Å². The lowest BCUT2D eigenvalue weighted by Crippen LogP contribution is -2.27. The molecule has 112 valence electrons. The summed E-state index contributed by atoms with van der Waals surface area (Å²) in [5, 5.41) is 0. The second-order valence-corrected chi connectivity index (χ2v) is 5.88. The van der Waals surface area contributed by atoms with E-state index >= 15 is 0 Å². The highest BCUT2D eigenvalue weighted by Gasteiger charge is 2.12. The number of hydrogen-bond donors (Lipinski definition) is 0. The van der Waals surface area contributed by atoms with E-state index in [0.29, 0.717) is 11.4 Å². The van der Waals surface area contributed by atoms with Gasteiger partial charge in [0.25, 0.3) is 0 Å². The number of esters is 1. The summed E-state index contributed by atoms with van der Waals surface area (Å²) in [6.45, 7) is 4.28. The van der Waals surface area contributed by atoms with E-state index in [9.17, 15) is 9.59 Å². The zero-order valence-corrected chi connectivity index (χ0v) is 13.2. The van der Waals surface area contributed by atoms with Crippen molar-refractivity contribution in [1.29, 1.82) is 0 Å². The lowest BCUT2D eigenvalue weighted by molar-refractivity contribution is 0.0384. The van der Waals surface area contributed by atoms with Crippen LogP contribution in [0.25, 0.3) is 0 Å². The van der Waals surface area contributed by atoms with Gasteiger partial charge in [-0.1, -0.05) is 0 Å². The van der Waals surface area contributed by atoms with Crippen LogP contribution in [0.15, 0.2) is 12.1 Å². The van der Waals surface area contributed by atoms with Gasteiger partial charge in [0.15, 0.2) is 0 Å². The number of hydrogen-bond acceptors (Lipinski definition) is 5. The zero-order chi connectivity index (χ0) is 15.1. The molecule has 0 atom stereocenters. The molecule has 1 rings (SSSR count). The number of thiophene rings is 1. The molecule has 0 aliphatic heterocycles. The molecule has 1 aromatic heterocycles. The van der Waals surface area contributed by atoms with Crippen molar-refractivity contribution in [2.75, 3.05) is 20.7 Å². The second kappa shape index (κ2) is 7.89. The van der Waals surface area contributed by atoms with Crippen molar-refractivity contribution in [1.82, 2.24) is 4.90 Å². The number of methoxy groups -OCH3 is 1. The molecule has 0 spiro atoms. The molecule has 0 aliphatic carbocycles. The van der Waals surface area contributed by atoms with Crippen LogP contribution < -0.4 is 0 Å². The van der Waals surface area contributed by atoms with Crippen molar-refractivity contribution in [3.63, 3.8) is 0 Å². The zero-order valence-electron chi connectivity index (χ0n) is 12.3. The molecule has 1 aromatic rings. The van der Waals surface area contributed by atoms with Crippen LogP contribution in [-0.4, -0.2) is 43.8 Å². The number of nitrogens with zero attached hydrogens (tertiary/aromatic N) is 1. The third kappa shape index (κ3) is 5.21. The van der Waals surface area contributed by atoms with Gasteiger partial charge in [0.1, 0.15) is 4.88 Å². The summed E-state index contributed by atoms with van der Waals surface area (Å²) in [5.74, 6) is -0.275. The molecule has 1 heterocycles. The number of carbonyl (C=O) groups excluding carboxylic acids is 2. The molecule has 1 amide bonds. The summed E-state index contributed by atoms with van der Waals surface area (Å²) in [7, 11) is 3.07. The van der Waals surface area contributed by atoms with Gasteiger partial charge in [0.2, 0.25) is 0 Å². The molecule has 0 saturated carbocycles. The minimum absolute atomic E-state index is 0.109. The highest BCUT2D eigenvalue weighted by atomic mass is 32.1. The van der Waals surface area contributed by atoms with Crippen LogP contribution >= 0.6 is 11.3 Å². The second-order valence-electron chi connectivity index (χ2n) is 4.72. The van der Waals surface area contributed by atoms with E-state index in [2.05, 4.69) is 4.74 Å². The van der Waals surface area contributed by atoms with Crippen molar-refractivity contribution in [2.24, 2.45) is 0 Å². The summed E-state index contributed by atoms with van der Waals surface area (Å²) in [6.07, 6.45) is 1.20. The van der Waals surface area contributed by atoms with Crippen LogP contribution in [0.4, 0.5) is 4.79 Å².